The van der Waals surface area contributed by atoms with Gasteiger partial charge in [0.1, 0.15) is 0 Å². The van der Waals surface area contributed by atoms with Gasteiger partial charge in [-0.15, -0.1) is 0 Å². The first-order valence-corrected chi connectivity index (χ1v) is 5.67. The van der Waals surface area contributed by atoms with Crippen LogP contribution >= 0.6 is 0 Å². The Labute approximate surface area is 98.4 Å². The van der Waals surface area contributed by atoms with Gasteiger partial charge in [-0.05, 0) is 39.2 Å². The molecule has 0 fully saturated rings. The summed E-state index contributed by atoms with van der Waals surface area (Å²) >= 11 is 0. The third-order valence-corrected chi connectivity index (χ3v) is 2.46. The fourth-order valence-corrected chi connectivity index (χ4v) is 1.33. The van der Waals surface area contributed by atoms with Gasteiger partial charge in [0.15, 0.2) is 5.78 Å². The van der Waals surface area contributed by atoms with E-state index in [2.05, 4.69) is 12.7 Å². The molecule has 0 rings (SSSR count). The average molecular weight is 222 g/mol. The van der Waals surface area contributed by atoms with Crippen LogP contribution in [-0.2, 0) is 4.79 Å². The normalized spacial score (nSPS) is 12.7. The van der Waals surface area contributed by atoms with E-state index < -0.39 is 0 Å². The summed E-state index contributed by atoms with van der Waals surface area (Å²) < 4.78 is 0. The van der Waals surface area contributed by atoms with Gasteiger partial charge in [-0.2, -0.15) is 0 Å². The van der Waals surface area contributed by atoms with Crippen LogP contribution in [0.3, 0.4) is 0 Å². The molecule has 0 atom stereocenters. The second-order valence-electron chi connectivity index (χ2n) is 3.99. The van der Waals surface area contributed by atoms with Gasteiger partial charge >= 0.3 is 0 Å². The predicted octanol–water partition coefficient (Wildman–Crippen LogP) is 3.19. The fourth-order valence-electron chi connectivity index (χ4n) is 1.33. The lowest BCUT2D eigenvalue weighted by Crippen LogP contribution is -1.91. The molecule has 0 aromatic carbocycles. The van der Waals surface area contributed by atoms with E-state index in [1.165, 1.54) is 17.2 Å². The first kappa shape index (κ1) is 14.8. The van der Waals surface area contributed by atoms with Crippen molar-refractivity contribution in [3.05, 3.63) is 36.0 Å². The van der Waals surface area contributed by atoms with Gasteiger partial charge in [0, 0.05) is 6.42 Å². The van der Waals surface area contributed by atoms with Gasteiger partial charge in [-0.1, -0.05) is 29.9 Å². The second kappa shape index (κ2) is 9.10. The Kier molecular flexibility index (Phi) is 8.45. The number of aliphatic hydroxyl groups is 1. The Morgan fingerprint density at radius 2 is 1.75 bits per heavy atom. The highest BCUT2D eigenvalue weighted by molar-refractivity contribution is 5.89. The highest BCUT2D eigenvalue weighted by atomic mass is 16.2. The average Bonchev–Trinajstić information content (AvgIpc) is 2.26. The number of hydrogen-bond donors (Lipinski definition) is 1. The van der Waals surface area contributed by atoms with E-state index in [1.54, 1.807) is 0 Å². The summed E-state index contributed by atoms with van der Waals surface area (Å²) in [5.41, 5.74) is 2.45. The van der Waals surface area contributed by atoms with Gasteiger partial charge in [0.25, 0.3) is 0 Å². The Bertz CT molecular complexity index is 285. The van der Waals surface area contributed by atoms with Crippen molar-refractivity contribution >= 4 is 5.78 Å². The van der Waals surface area contributed by atoms with Crippen LogP contribution in [-0.4, -0.2) is 17.5 Å². The molecule has 0 aromatic heterocycles. The first-order valence-electron chi connectivity index (χ1n) is 5.67. The highest BCUT2D eigenvalue weighted by Gasteiger charge is 1.96. The zero-order valence-corrected chi connectivity index (χ0v) is 10.3. The van der Waals surface area contributed by atoms with Crippen molar-refractivity contribution in [1.82, 2.24) is 0 Å². The maximum absolute atomic E-state index is 11.0. The third kappa shape index (κ3) is 8.18. The lowest BCUT2D eigenvalue weighted by atomic mass is 10.1. The SMILES string of the molecule is C=CC(=O)CC/C(C)=C/CC/C(C)=C/CO. The van der Waals surface area contributed by atoms with E-state index >= 15 is 0 Å². The summed E-state index contributed by atoms with van der Waals surface area (Å²) in [6, 6.07) is 0. The molecule has 0 bridgehead atoms. The van der Waals surface area contributed by atoms with Gasteiger partial charge in [-0.3, -0.25) is 4.79 Å². The molecule has 0 aliphatic heterocycles. The maximum atomic E-state index is 11.0. The standard InChI is InChI=1S/C14H22O2/c1-4-14(16)9-8-12(2)6-5-7-13(3)10-11-15/h4,6,10,15H,1,5,7-9,11H2,2-3H3/b12-6+,13-10+. The third-order valence-electron chi connectivity index (χ3n) is 2.46. The minimum Gasteiger partial charge on any atom is -0.392 e. The lowest BCUT2D eigenvalue weighted by molar-refractivity contribution is -0.114. The van der Waals surface area contributed by atoms with Gasteiger partial charge in [0.2, 0.25) is 0 Å². The summed E-state index contributed by atoms with van der Waals surface area (Å²) in [5, 5.41) is 8.68. The molecule has 0 amide bonds. The zero-order chi connectivity index (χ0) is 12.4. The largest absolute Gasteiger partial charge is 0.392 e. The van der Waals surface area contributed by atoms with Crippen molar-refractivity contribution in [2.24, 2.45) is 0 Å². The maximum Gasteiger partial charge on any atom is 0.155 e. The minimum atomic E-state index is 0.101. The zero-order valence-electron chi connectivity index (χ0n) is 10.3. The van der Waals surface area contributed by atoms with Crippen LogP contribution in [0.5, 0.6) is 0 Å². The van der Waals surface area contributed by atoms with Gasteiger partial charge < -0.3 is 5.11 Å². The molecule has 16 heavy (non-hydrogen) atoms. The molecule has 0 aliphatic carbocycles. The van der Waals surface area contributed by atoms with Crippen molar-refractivity contribution in [2.45, 2.75) is 39.5 Å². The Balaban J connectivity index is 3.83. The molecule has 0 unspecified atom stereocenters. The van der Waals surface area contributed by atoms with Crippen LogP contribution in [0, 0.1) is 0 Å². The van der Waals surface area contributed by atoms with E-state index in [4.69, 9.17) is 5.11 Å². The van der Waals surface area contributed by atoms with E-state index in [-0.39, 0.29) is 12.4 Å². The van der Waals surface area contributed by atoms with E-state index in [0.717, 1.165) is 19.3 Å². The van der Waals surface area contributed by atoms with E-state index in [0.29, 0.717) is 6.42 Å². The van der Waals surface area contributed by atoms with Crippen molar-refractivity contribution in [3.8, 4) is 0 Å². The number of hydrogen-bond acceptors (Lipinski definition) is 2. The Morgan fingerprint density at radius 1 is 1.12 bits per heavy atom. The molecule has 2 nitrogen and oxygen atoms in total. The molecule has 0 radical (unpaired) electrons. The molecule has 0 saturated carbocycles. The number of carbonyl (C=O) groups is 1. The van der Waals surface area contributed by atoms with Crippen molar-refractivity contribution in [2.75, 3.05) is 6.61 Å². The summed E-state index contributed by atoms with van der Waals surface area (Å²) in [6.45, 7) is 7.62. The second-order valence-corrected chi connectivity index (χ2v) is 3.99. The van der Waals surface area contributed by atoms with Crippen LogP contribution in [0.15, 0.2) is 36.0 Å². The lowest BCUT2D eigenvalue weighted by Gasteiger charge is -2.00. The summed E-state index contributed by atoms with van der Waals surface area (Å²) in [4.78, 5) is 11.0. The predicted molar refractivity (Wildman–Crippen MR) is 68.3 cm³/mol. The molecule has 0 saturated heterocycles. The quantitative estimate of drug-likeness (QED) is 0.506. The summed E-state index contributed by atoms with van der Waals surface area (Å²) in [6.07, 6.45) is 8.66. The van der Waals surface area contributed by atoms with Gasteiger partial charge in [-0.25, -0.2) is 0 Å². The molecule has 0 aliphatic rings. The van der Waals surface area contributed by atoms with Crippen LogP contribution < -0.4 is 0 Å². The molecule has 0 heterocycles. The molecule has 1 N–H and O–H groups in total. The number of rotatable bonds is 8. The summed E-state index contributed by atoms with van der Waals surface area (Å²) in [7, 11) is 0. The van der Waals surface area contributed by atoms with Crippen LogP contribution in [0.2, 0.25) is 0 Å². The number of aliphatic hydroxyl groups excluding tert-OH is 1. The Morgan fingerprint density at radius 3 is 2.31 bits per heavy atom. The van der Waals surface area contributed by atoms with Crippen LogP contribution in [0.4, 0.5) is 0 Å². The topological polar surface area (TPSA) is 37.3 Å². The minimum absolute atomic E-state index is 0.101. The first-order chi connectivity index (χ1) is 7.60. The van der Waals surface area contributed by atoms with Gasteiger partial charge in [0.05, 0.1) is 6.61 Å². The molecule has 90 valence electrons. The molecular weight excluding hydrogens is 200 g/mol. The fraction of sp³-hybridized carbons (Fsp3) is 0.500. The van der Waals surface area contributed by atoms with Crippen molar-refractivity contribution in [3.63, 3.8) is 0 Å². The van der Waals surface area contributed by atoms with Crippen LogP contribution in [0.25, 0.3) is 0 Å². The Hall–Kier alpha value is -1.15. The van der Waals surface area contributed by atoms with E-state index in [9.17, 15) is 4.79 Å². The number of allylic oxidation sites excluding steroid dienone is 4. The molecule has 0 spiro atoms. The number of ketones is 1. The van der Waals surface area contributed by atoms with Crippen molar-refractivity contribution < 1.29 is 9.90 Å². The van der Waals surface area contributed by atoms with Crippen LogP contribution in [0.1, 0.15) is 39.5 Å². The highest BCUT2D eigenvalue weighted by Crippen LogP contribution is 2.10. The van der Waals surface area contributed by atoms with Crippen molar-refractivity contribution in [1.29, 1.82) is 0 Å². The molecule has 2 heteroatoms. The van der Waals surface area contributed by atoms with E-state index in [1.807, 2.05) is 19.9 Å². The smallest absolute Gasteiger partial charge is 0.155 e. The molecular formula is C14H22O2. The number of carbonyl (C=O) groups excluding carboxylic acids is 1. The summed E-state index contributed by atoms with van der Waals surface area (Å²) in [5.74, 6) is 0.101. The monoisotopic (exact) mass is 222 g/mol. The molecule has 0 aromatic rings.